The molecule has 0 unspecified atom stereocenters. The Hall–Kier alpha value is -1.13. The van der Waals surface area contributed by atoms with Gasteiger partial charge in [-0.3, -0.25) is 14.3 Å². The first kappa shape index (κ1) is 14.4. The van der Waals surface area contributed by atoms with Crippen LogP contribution in [-0.4, -0.2) is 22.2 Å². The molecule has 0 saturated heterocycles. The molecule has 0 aliphatic rings. The lowest BCUT2D eigenvalue weighted by atomic mass is 10.1. The number of carbonyl (C=O) groups is 2. The molecule has 0 saturated carbocycles. The maximum absolute atomic E-state index is 10.0. The molecular weight excluding hydrogens is 179 g/mol. The molecular formula is C8H15FO4. The monoisotopic (exact) mass is 194 g/mol. The normalized spacial score (nSPS) is 8.92. The number of hydrogen-bond donors (Lipinski definition) is 2. The number of carboxylic acids is 2. The van der Waals surface area contributed by atoms with Crippen molar-refractivity contribution in [3.05, 3.63) is 0 Å². The largest absolute Gasteiger partial charge is 0.481 e. The minimum atomic E-state index is -0.784. The molecule has 78 valence electrons. The zero-order chi connectivity index (χ0) is 9.40. The Morgan fingerprint density at radius 2 is 1.08 bits per heavy atom. The Kier molecular flexibility index (Phi) is 9.93. The molecule has 4 nitrogen and oxygen atoms in total. The molecule has 0 spiro atoms. The SMILES string of the molecule is F.O=C(O)CCCCCCC(=O)O. The number of rotatable bonds is 7. The second-order valence-electron chi connectivity index (χ2n) is 2.70. The molecule has 0 aromatic heterocycles. The van der Waals surface area contributed by atoms with Crippen LogP contribution in [0.4, 0.5) is 4.70 Å². The van der Waals surface area contributed by atoms with Crippen LogP contribution in [0.3, 0.4) is 0 Å². The van der Waals surface area contributed by atoms with Gasteiger partial charge in [-0.2, -0.15) is 0 Å². The highest BCUT2D eigenvalue weighted by molar-refractivity contribution is 5.66. The minimum absolute atomic E-state index is 0. The summed E-state index contributed by atoms with van der Waals surface area (Å²) in [5, 5.41) is 16.5. The Bertz CT molecular complexity index is 140. The summed E-state index contributed by atoms with van der Waals surface area (Å²) in [6, 6.07) is 0. The molecule has 0 fully saturated rings. The quantitative estimate of drug-likeness (QED) is 0.604. The molecule has 0 bridgehead atoms. The number of carboxylic acid groups (broad SMARTS) is 2. The van der Waals surface area contributed by atoms with Crippen LogP contribution < -0.4 is 0 Å². The van der Waals surface area contributed by atoms with E-state index in [-0.39, 0.29) is 17.5 Å². The zero-order valence-corrected chi connectivity index (χ0v) is 7.36. The van der Waals surface area contributed by atoms with Crippen LogP contribution in [0, 0.1) is 0 Å². The van der Waals surface area contributed by atoms with Crippen molar-refractivity contribution < 1.29 is 24.5 Å². The van der Waals surface area contributed by atoms with Crippen LogP contribution in [0.1, 0.15) is 38.5 Å². The van der Waals surface area contributed by atoms with Crippen molar-refractivity contribution in [3.8, 4) is 0 Å². The van der Waals surface area contributed by atoms with E-state index in [4.69, 9.17) is 10.2 Å². The fraction of sp³-hybridized carbons (Fsp3) is 0.750. The molecule has 0 heterocycles. The third-order valence-corrected chi connectivity index (χ3v) is 1.53. The van der Waals surface area contributed by atoms with Gasteiger partial charge in [-0.05, 0) is 12.8 Å². The summed E-state index contributed by atoms with van der Waals surface area (Å²) in [6.07, 6.45) is 3.28. The molecule has 0 aliphatic heterocycles. The fourth-order valence-electron chi connectivity index (χ4n) is 0.906. The summed E-state index contributed by atoms with van der Waals surface area (Å²) in [4.78, 5) is 20.1. The third-order valence-electron chi connectivity index (χ3n) is 1.53. The molecule has 0 amide bonds. The average Bonchev–Trinajstić information content (AvgIpc) is 1.95. The van der Waals surface area contributed by atoms with E-state index >= 15 is 0 Å². The Morgan fingerprint density at radius 3 is 1.31 bits per heavy atom. The van der Waals surface area contributed by atoms with Crippen molar-refractivity contribution in [2.75, 3.05) is 0 Å². The van der Waals surface area contributed by atoms with Crippen molar-refractivity contribution in [1.29, 1.82) is 0 Å². The van der Waals surface area contributed by atoms with E-state index in [0.717, 1.165) is 12.8 Å². The molecule has 0 atom stereocenters. The highest BCUT2D eigenvalue weighted by Crippen LogP contribution is 2.04. The average molecular weight is 194 g/mol. The van der Waals surface area contributed by atoms with Crippen LogP contribution in [0.5, 0.6) is 0 Å². The van der Waals surface area contributed by atoms with Gasteiger partial charge in [0.2, 0.25) is 0 Å². The second-order valence-corrected chi connectivity index (χ2v) is 2.70. The van der Waals surface area contributed by atoms with E-state index in [1.54, 1.807) is 0 Å². The van der Waals surface area contributed by atoms with Gasteiger partial charge in [0.25, 0.3) is 0 Å². The van der Waals surface area contributed by atoms with Crippen LogP contribution in [-0.2, 0) is 9.59 Å². The van der Waals surface area contributed by atoms with Crippen LogP contribution >= 0.6 is 0 Å². The van der Waals surface area contributed by atoms with Crippen molar-refractivity contribution in [2.24, 2.45) is 0 Å². The molecule has 13 heavy (non-hydrogen) atoms. The molecule has 0 radical (unpaired) electrons. The predicted octanol–water partition coefficient (Wildman–Crippen LogP) is 1.65. The van der Waals surface area contributed by atoms with Gasteiger partial charge in [-0.1, -0.05) is 12.8 Å². The molecule has 0 aromatic rings. The van der Waals surface area contributed by atoms with E-state index in [9.17, 15) is 9.59 Å². The Labute approximate surface area is 75.9 Å². The van der Waals surface area contributed by atoms with E-state index in [2.05, 4.69) is 0 Å². The van der Waals surface area contributed by atoms with Crippen LogP contribution in [0.15, 0.2) is 0 Å². The zero-order valence-electron chi connectivity index (χ0n) is 7.36. The van der Waals surface area contributed by atoms with Crippen LogP contribution in [0.2, 0.25) is 0 Å². The van der Waals surface area contributed by atoms with Gasteiger partial charge in [0, 0.05) is 12.8 Å². The van der Waals surface area contributed by atoms with Gasteiger partial charge in [0.15, 0.2) is 0 Å². The van der Waals surface area contributed by atoms with E-state index < -0.39 is 11.9 Å². The first-order chi connectivity index (χ1) is 5.63. The van der Waals surface area contributed by atoms with Crippen molar-refractivity contribution >= 4 is 11.9 Å². The molecule has 0 rings (SSSR count). The summed E-state index contributed by atoms with van der Waals surface area (Å²) >= 11 is 0. The Balaban J connectivity index is 0. The topological polar surface area (TPSA) is 74.6 Å². The van der Waals surface area contributed by atoms with Crippen molar-refractivity contribution in [1.82, 2.24) is 0 Å². The van der Waals surface area contributed by atoms with E-state index in [0.29, 0.717) is 12.8 Å². The summed E-state index contributed by atoms with van der Waals surface area (Å²) in [5.74, 6) is -1.57. The summed E-state index contributed by atoms with van der Waals surface area (Å²) in [7, 11) is 0. The first-order valence-corrected chi connectivity index (χ1v) is 4.06. The second kappa shape index (κ2) is 8.96. The van der Waals surface area contributed by atoms with E-state index in [1.165, 1.54) is 0 Å². The predicted molar refractivity (Wildman–Crippen MR) is 45.5 cm³/mol. The minimum Gasteiger partial charge on any atom is -0.481 e. The maximum Gasteiger partial charge on any atom is 0.303 e. The maximum atomic E-state index is 10.0. The van der Waals surface area contributed by atoms with Gasteiger partial charge < -0.3 is 10.2 Å². The first-order valence-electron chi connectivity index (χ1n) is 4.06. The smallest absolute Gasteiger partial charge is 0.303 e. The highest BCUT2D eigenvalue weighted by atomic mass is 19.0. The summed E-state index contributed by atoms with van der Waals surface area (Å²) in [6.45, 7) is 0. The van der Waals surface area contributed by atoms with Crippen LogP contribution in [0.25, 0.3) is 0 Å². The number of halogens is 1. The fourth-order valence-corrected chi connectivity index (χ4v) is 0.906. The lowest BCUT2D eigenvalue weighted by molar-refractivity contribution is -0.138. The Morgan fingerprint density at radius 1 is 0.769 bits per heavy atom. The van der Waals surface area contributed by atoms with Crippen molar-refractivity contribution in [3.63, 3.8) is 0 Å². The van der Waals surface area contributed by atoms with Gasteiger partial charge in [0.1, 0.15) is 0 Å². The number of aliphatic carboxylic acids is 2. The molecule has 0 aromatic carbocycles. The number of hydrogen-bond acceptors (Lipinski definition) is 2. The van der Waals surface area contributed by atoms with E-state index in [1.807, 2.05) is 0 Å². The number of unbranched alkanes of at least 4 members (excludes halogenated alkanes) is 3. The van der Waals surface area contributed by atoms with Gasteiger partial charge in [0.05, 0.1) is 0 Å². The lowest BCUT2D eigenvalue weighted by Gasteiger charge is -1.96. The van der Waals surface area contributed by atoms with Gasteiger partial charge >= 0.3 is 11.9 Å². The standard InChI is InChI=1S/C8H14O4.FH/c9-7(10)5-3-1-2-4-6-8(11)12;/h1-6H2,(H,9,10)(H,11,12);1H. The van der Waals surface area contributed by atoms with Gasteiger partial charge in [-0.25, -0.2) is 0 Å². The summed E-state index contributed by atoms with van der Waals surface area (Å²) < 4.78 is 0. The molecule has 2 N–H and O–H groups in total. The molecule has 0 aliphatic carbocycles. The highest BCUT2D eigenvalue weighted by Gasteiger charge is 1.98. The summed E-state index contributed by atoms with van der Waals surface area (Å²) in [5.41, 5.74) is 0. The third kappa shape index (κ3) is 13.8. The molecule has 5 heteroatoms. The van der Waals surface area contributed by atoms with Crippen molar-refractivity contribution in [2.45, 2.75) is 38.5 Å². The lowest BCUT2D eigenvalue weighted by Crippen LogP contribution is -1.95. The van der Waals surface area contributed by atoms with Gasteiger partial charge in [-0.15, -0.1) is 0 Å².